The van der Waals surface area contributed by atoms with Crippen molar-refractivity contribution in [3.63, 3.8) is 0 Å². The average Bonchev–Trinajstić information content (AvgIpc) is 1.68. The molecule has 0 radical (unpaired) electrons. The van der Waals surface area contributed by atoms with Crippen molar-refractivity contribution in [3.8, 4) is 0 Å². The fourth-order valence-corrected chi connectivity index (χ4v) is 1.12. The molecular weight excluding hydrogens is 136 g/mol. The molecule has 0 saturated carbocycles. The van der Waals surface area contributed by atoms with Gasteiger partial charge in [0.1, 0.15) is 0 Å². The van der Waals surface area contributed by atoms with Crippen LogP contribution in [0.3, 0.4) is 0 Å². The van der Waals surface area contributed by atoms with Crippen LogP contribution in [0.4, 0.5) is 8.78 Å². The first-order valence-electron chi connectivity index (χ1n) is 1.88. The summed E-state index contributed by atoms with van der Waals surface area (Å²) >= 11 is 0. The molecule has 2 unspecified atom stereocenters. The van der Waals surface area contributed by atoms with E-state index in [-0.39, 0.29) is 17.2 Å². The summed E-state index contributed by atoms with van der Waals surface area (Å²) < 4.78 is 23.8. The maximum atomic E-state index is 11.9. The maximum absolute atomic E-state index is 11.9. The number of alkyl halides is 2. The van der Waals surface area contributed by atoms with E-state index in [1.165, 1.54) is 13.3 Å². The highest BCUT2D eigenvalue weighted by molar-refractivity contribution is 7.57. The molecule has 0 aromatic rings. The van der Waals surface area contributed by atoms with Gasteiger partial charge in [0.05, 0.1) is 0 Å². The molecule has 0 aromatic heterocycles. The minimum atomic E-state index is -2.36. The molecule has 0 rings (SSSR count). The van der Waals surface area contributed by atoms with Crippen LogP contribution >= 0.6 is 17.2 Å². The molecule has 0 spiro atoms. The first-order chi connectivity index (χ1) is 3.12. The Labute approximate surface area is 45.6 Å². The third-order valence-electron chi connectivity index (χ3n) is 0.628. The molecule has 0 aliphatic heterocycles. The van der Waals surface area contributed by atoms with Crippen LogP contribution in [0.1, 0.15) is 0 Å². The van der Waals surface area contributed by atoms with Crippen LogP contribution in [0.15, 0.2) is 0 Å². The second-order valence-electron chi connectivity index (χ2n) is 1.07. The lowest BCUT2D eigenvalue weighted by molar-refractivity contribution is 0.205. The van der Waals surface area contributed by atoms with Gasteiger partial charge in [-0.2, -0.15) is 8.78 Å². The lowest BCUT2D eigenvalue weighted by Gasteiger charge is -2.08. The molecule has 0 fully saturated rings. The van der Waals surface area contributed by atoms with E-state index in [0.717, 1.165) is 0 Å². The van der Waals surface area contributed by atoms with Crippen molar-refractivity contribution in [2.45, 2.75) is 5.40 Å². The monoisotopic (exact) mass is 144 g/mol. The summed E-state index contributed by atoms with van der Waals surface area (Å²) in [6.45, 7) is 3.05. The molecular formula is C3H8F2P2. The van der Waals surface area contributed by atoms with Gasteiger partial charge in [-0.15, -0.1) is 0 Å². The van der Waals surface area contributed by atoms with Crippen LogP contribution in [0.5, 0.6) is 0 Å². The molecule has 0 N–H and O–H groups in total. The number of hydrogen-bond donors (Lipinski definition) is 0. The quantitative estimate of drug-likeness (QED) is 0.521. The lowest BCUT2D eigenvalue weighted by atomic mass is 11.6. The standard InChI is InChI=1S/C3H8F2P2/c1-6-3(4,5)7-2/h6-7H,1-2H3. The first kappa shape index (κ1) is 7.72. The molecule has 0 aliphatic carbocycles. The minimum Gasteiger partial charge on any atom is -0.198 e. The SMILES string of the molecule is CPC(F)(F)PC. The topological polar surface area (TPSA) is 0 Å². The maximum Gasteiger partial charge on any atom is 0.274 e. The zero-order chi connectivity index (χ0) is 5.91. The van der Waals surface area contributed by atoms with E-state index in [9.17, 15) is 8.78 Å². The Kier molecular flexibility index (Phi) is 3.19. The predicted molar refractivity (Wildman–Crippen MR) is 33.4 cm³/mol. The summed E-state index contributed by atoms with van der Waals surface area (Å²) in [4.78, 5) is 0. The van der Waals surface area contributed by atoms with Crippen molar-refractivity contribution in [2.24, 2.45) is 0 Å². The van der Waals surface area contributed by atoms with Gasteiger partial charge in [-0.25, -0.2) is 0 Å². The molecule has 0 aliphatic rings. The molecule has 0 saturated heterocycles. The van der Waals surface area contributed by atoms with Gasteiger partial charge in [-0.3, -0.25) is 0 Å². The van der Waals surface area contributed by atoms with Crippen LogP contribution in [0, 0.1) is 0 Å². The van der Waals surface area contributed by atoms with Crippen molar-refractivity contribution >= 4 is 17.2 Å². The summed E-state index contributed by atoms with van der Waals surface area (Å²) in [6.07, 6.45) is 0. The van der Waals surface area contributed by atoms with E-state index < -0.39 is 5.40 Å². The van der Waals surface area contributed by atoms with E-state index in [0.29, 0.717) is 0 Å². The van der Waals surface area contributed by atoms with Crippen LogP contribution in [0.2, 0.25) is 0 Å². The highest BCUT2D eigenvalue weighted by atomic mass is 31.1. The summed E-state index contributed by atoms with van der Waals surface area (Å²) in [5.74, 6) is 0. The third kappa shape index (κ3) is 3.32. The molecule has 7 heavy (non-hydrogen) atoms. The van der Waals surface area contributed by atoms with Gasteiger partial charge in [0.2, 0.25) is 0 Å². The van der Waals surface area contributed by atoms with Crippen LogP contribution < -0.4 is 0 Å². The largest absolute Gasteiger partial charge is 0.274 e. The molecule has 0 bridgehead atoms. The number of hydrogen-bond acceptors (Lipinski definition) is 0. The number of halogens is 2. The van der Waals surface area contributed by atoms with Crippen molar-refractivity contribution < 1.29 is 8.78 Å². The molecule has 4 heteroatoms. The van der Waals surface area contributed by atoms with Gasteiger partial charge >= 0.3 is 0 Å². The number of rotatable bonds is 2. The van der Waals surface area contributed by atoms with Crippen molar-refractivity contribution in [3.05, 3.63) is 0 Å². The van der Waals surface area contributed by atoms with Crippen LogP contribution in [-0.2, 0) is 0 Å². The normalized spacial score (nSPS) is 15.4. The van der Waals surface area contributed by atoms with E-state index in [2.05, 4.69) is 0 Å². The Bertz CT molecular complexity index is 48.9. The smallest absolute Gasteiger partial charge is 0.198 e. The highest BCUT2D eigenvalue weighted by Gasteiger charge is 2.21. The Morgan fingerprint density at radius 2 is 1.43 bits per heavy atom. The Morgan fingerprint density at radius 1 is 1.14 bits per heavy atom. The summed E-state index contributed by atoms with van der Waals surface area (Å²) in [6, 6.07) is 0. The molecule has 0 aromatic carbocycles. The minimum absolute atomic E-state index is 0.236. The van der Waals surface area contributed by atoms with Crippen LogP contribution in [-0.4, -0.2) is 18.7 Å². The Balaban J connectivity index is 3.36. The van der Waals surface area contributed by atoms with Crippen LogP contribution in [0.25, 0.3) is 0 Å². The van der Waals surface area contributed by atoms with E-state index in [1.807, 2.05) is 0 Å². The summed E-state index contributed by atoms with van der Waals surface area (Å²) in [5.41, 5.74) is 0. The van der Waals surface area contributed by atoms with E-state index >= 15 is 0 Å². The van der Waals surface area contributed by atoms with Gasteiger partial charge < -0.3 is 0 Å². The fourth-order valence-electron chi connectivity index (χ4n) is 0.125. The third-order valence-corrected chi connectivity index (χ3v) is 3.38. The van der Waals surface area contributed by atoms with Gasteiger partial charge in [-0.1, -0.05) is 0 Å². The Morgan fingerprint density at radius 3 is 1.43 bits per heavy atom. The van der Waals surface area contributed by atoms with Gasteiger partial charge in [0, 0.05) is 0 Å². The summed E-state index contributed by atoms with van der Waals surface area (Å²) in [7, 11) is -0.473. The van der Waals surface area contributed by atoms with Gasteiger partial charge in [-0.05, 0) is 30.5 Å². The average molecular weight is 144 g/mol. The van der Waals surface area contributed by atoms with Crippen molar-refractivity contribution in [2.75, 3.05) is 13.3 Å². The fraction of sp³-hybridized carbons (Fsp3) is 1.00. The Hall–Kier alpha value is 0.720. The zero-order valence-electron chi connectivity index (χ0n) is 4.26. The summed E-state index contributed by atoms with van der Waals surface area (Å²) in [5, 5.41) is -2.36. The van der Waals surface area contributed by atoms with Gasteiger partial charge in [0.25, 0.3) is 5.40 Å². The molecule has 2 atom stereocenters. The van der Waals surface area contributed by atoms with E-state index in [1.54, 1.807) is 0 Å². The van der Waals surface area contributed by atoms with E-state index in [4.69, 9.17) is 0 Å². The molecule has 0 nitrogen and oxygen atoms in total. The second-order valence-corrected chi connectivity index (χ2v) is 3.83. The second kappa shape index (κ2) is 2.89. The molecule has 0 amide bonds. The first-order valence-corrected chi connectivity index (χ1v) is 4.88. The molecule has 0 heterocycles. The zero-order valence-corrected chi connectivity index (χ0v) is 6.26. The lowest BCUT2D eigenvalue weighted by Crippen LogP contribution is -1.94. The predicted octanol–water partition coefficient (Wildman–Crippen LogP) is 2.15. The molecule has 44 valence electrons. The van der Waals surface area contributed by atoms with Crippen molar-refractivity contribution in [1.82, 2.24) is 0 Å². The van der Waals surface area contributed by atoms with Crippen molar-refractivity contribution in [1.29, 1.82) is 0 Å². The van der Waals surface area contributed by atoms with Gasteiger partial charge in [0.15, 0.2) is 0 Å². The highest BCUT2D eigenvalue weighted by Crippen LogP contribution is 2.45.